The first-order valence-corrected chi connectivity index (χ1v) is 31.8. The first kappa shape index (κ1) is 72.4. The van der Waals surface area contributed by atoms with Crippen molar-refractivity contribution in [2.75, 3.05) is 47.5 Å². The van der Waals surface area contributed by atoms with E-state index < -0.39 is 26.5 Å². The number of allylic oxidation sites excluding steroid dienone is 20. The van der Waals surface area contributed by atoms with Crippen LogP contribution in [0.2, 0.25) is 0 Å². The van der Waals surface area contributed by atoms with Gasteiger partial charge >= 0.3 is 19.8 Å². The number of rotatable bonds is 54. The molecule has 0 heterocycles. The zero-order valence-electron chi connectivity index (χ0n) is 49.2. The molecule has 76 heavy (non-hydrogen) atoms. The number of phosphoric acid groups is 1. The van der Waals surface area contributed by atoms with Crippen LogP contribution in [0.3, 0.4) is 0 Å². The molecular weight excluding hydrogens is 966 g/mol. The third-order valence-corrected chi connectivity index (χ3v) is 13.5. The summed E-state index contributed by atoms with van der Waals surface area (Å²) in [5.74, 6) is -0.851. The van der Waals surface area contributed by atoms with Crippen LogP contribution in [0.15, 0.2) is 122 Å². The number of phosphoric ester groups is 1. The van der Waals surface area contributed by atoms with Gasteiger partial charge in [-0.3, -0.25) is 18.6 Å². The molecular formula is C66H113NO8P+. The fourth-order valence-corrected chi connectivity index (χ4v) is 8.63. The van der Waals surface area contributed by atoms with Gasteiger partial charge < -0.3 is 18.9 Å². The lowest BCUT2D eigenvalue weighted by atomic mass is 10.0. The first-order valence-electron chi connectivity index (χ1n) is 30.3. The Bertz CT molecular complexity index is 1700. The van der Waals surface area contributed by atoms with E-state index in [0.717, 1.165) is 96.3 Å². The maximum atomic E-state index is 12.8. The number of nitrogens with zero attached hydrogens (tertiary/aromatic N) is 1. The molecule has 0 amide bonds. The van der Waals surface area contributed by atoms with Gasteiger partial charge in [0.15, 0.2) is 6.10 Å². The van der Waals surface area contributed by atoms with E-state index in [1.54, 1.807) is 0 Å². The zero-order valence-corrected chi connectivity index (χ0v) is 50.1. The molecule has 0 spiro atoms. The normalized spacial score (nSPS) is 14.1. The maximum absolute atomic E-state index is 12.8. The minimum Gasteiger partial charge on any atom is -0.462 e. The van der Waals surface area contributed by atoms with Gasteiger partial charge in [0.2, 0.25) is 0 Å². The summed E-state index contributed by atoms with van der Waals surface area (Å²) in [6.07, 6.45) is 80.0. The van der Waals surface area contributed by atoms with Crippen molar-refractivity contribution < 1.29 is 42.1 Å². The van der Waals surface area contributed by atoms with E-state index in [-0.39, 0.29) is 32.0 Å². The number of likely N-dealkylation sites (N-methyl/N-ethyl adjacent to an activating group) is 1. The molecule has 0 saturated heterocycles. The second-order valence-corrected chi connectivity index (χ2v) is 22.4. The number of carbonyl (C=O) groups is 2. The molecule has 0 radical (unpaired) electrons. The molecule has 0 aromatic heterocycles. The van der Waals surface area contributed by atoms with Crippen LogP contribution in [0.5, 0.6) is 0 Å². The first-order chi connectivity index (χ1) is 37.0. The predicted molar refractivity (Wildman–Crippen MR) is 325 cm³/mol. The molecule has 0 fully saturated rings. The minimum atomic E-state index is -4.41. The van der Waals surface area contributed by atoms with Crippen molar-refractivity contribution in [3.63, 3.8) is 0 Å². The van der Waals surface area contributed by atoms with Crippen LogP contribution < -0.4 is 0 Å². The summed E-state index contributed by atoms with van der Waals surface area (Å²) in [6, 6.07) is 0. The summed E-state index contributed by atoms with van der Waals surface area (Å²) in [6.45, 7) is 4.15. The van der Waals surface area contributed by atoms with Crippen LogP contribution in [-0.4, -0.2) is 74.9 Å². The molecule has 0 aliphatic rings. The third kappa shape index (κ3) is 59.7. The molecule has 0 bridgehead atoms. The summed E-state index contributed by atoms with van der Waals surface area (Å²) in [5.41, 5.74) is 0. The van der Waals surface area contributed by atoms with E-state index in [4.69, 9.17) is 18.5 Å². The smallest absolute Gasteiger partial charge is 0.462 e. The number of ether oxygens (including phenoxy) is 2. The van der Waals surface area contributed by atoms with Gasteiger partial charge in [-0.05, 0) is 103 Å². The lowest BCUT2D eigenvalue weighted by Gasteiger charge is -2.24. The van der Waals surface area contributed by atoms with E-state index in [1.807, 2.05) is 21.1 Å². The Kier molecular flexibility index (Phi) is 53.5. The molecule has 0 aliphatic heterocycles. The number of esters is 2. The van der Waals surface area contributed by atoms with Gasteiger partial charge in [-0.1, -0.05) is 238 Å². The van der Waals surface area contributed by atoms with E-state index in [1.165, 1.54) is 103 Å². The van der Waals surface area contributed by atoms with Gasteiger partial charge in [0, 0.05) is 12.8 Å². The van der Waals surface area contributed by atoms with Crippen molar-refractivity contribution in [3.8, 4) is 0 Å². The highest BCUT2D eigenvalue weighted by Gasteiger charge is 2.27. The fourth-order valence-electron chi connectivity index (χ4n) is 7.89. The minimum absolute atomic E-state index is 0.0177. The van der Waals surface area contributed by atoms with E-state index in [2.05, 4.69) is 135 Å². The summed E-state index contributed by atoms with van der Waals surface area (Å²) >= 11 is 0. The Balaban J connectivity index is 4.16. The van der Waals surface area contributed by atoms with Gasteiger partial charge in [0.05, 0.1) is 27.7 Å². The molecule has 0 rings (SSSR count). The second kappa shape index (κ2) is 56.1. The number of unbranched alkanes of at least 4 members (excludes halogenated alkanes) is 20. The lowest BCUT2D eigenvalue weighted by Crippen LogP contribution is -2.37. The Morgan fingerprint density at radius 1 is 0.408 bits per heavy atom. The summed E-state index contributed by atoms with van der Waals surface area (Å²) in [7, 11) is 1.44. The van der Waals surface area contributed by atoms with Crippen LogP contribution in [0.1, 0.15) is 232 Å². The van der Waals surface area contributed by atoms with Gasteiger partial charge in [-0.25, -0.2) is 4.57 Å². The molecule has 0 saturated carbocycles. The van der Waals surface area contributed by atoms with E-state index in [9.17, 15) is 19.0 Å². The number of quaternary nitrogens is 1. The average molecular weight is 1080 g/mol. The Labute approximate surface area is 467 Å². The predicted octanol–water partition coefficient (Wildman–Crippen LogP) is 19.1. The Morgan fingerprint density at radius 3 is 1.08 bits per heavy atom. The SMILES string of the molecule is CC/C=C\C/C=C\C/C=C\C/C=C\C/C=C\C/C=C\CCCCC(=O)OC(COC(=O)CCCCCCCCCCCCCCCCCCCC/C=C\C/C=C\C/C=C\C/C=C\CC)COP(=O)(O)OCC[N+](C)(C)C. The van der Waals surface area contributed by atoms with Crippen LogP contribution >= 0.6 is 7.82 Å². The van der Waals surface area contributed by atoms with Crippen LogP contribution in [0.4, 0.5) is 0 Å². The summed E-state index contributed by atoms with van der Waals surface area (Å²) in [4.78, 5) is 35.7. The number of carbonyl (C=O) groups excluding carboxylic acids is 2. The third-order valence-electron chi connectivity index (χ3n) is 12.5. The average Bonchev–Trinajstić information content (AvgIpc) is 3.38. The van der Waals surface area contributed by atoms with E-state index >= 15 is 0 Å². The van der Waals surface area contributed by atoms with E-state index in [0.29, 0.717) is 17.4 Å². The fraction of sp³-hybridized carbons (Fsp3) is 0.667. The molecule has 2 atom stereocenters. The van der Waals surface area contributed by atoms with Crippen LogP contribution in [-0.2, 0) is 32.7 Å². The monoisotopic (exact) mass is 1080 g/mol. The highest BCUT2D eigenvalue weighted by atomic mass is 31.2. The largest absolute Gasteiger partial charge is 0.472 e. The highest BCUT2D eigenvalue weighted by Crippen LogP contribution is 2.43. The summed E-state index contributed by atoms with van der Waals surface area (Å²) < 4.78 is 34.5. The number of hydrogen-bond acceptors (Lipinski definition) is 7. The molecule has 9 nitrogen and oxygen atoms in total. The molecule has 10 heteroatoms. The lowest BCUT2D eigenvalue weighted by molar-refractivity contribution is -0.870. The molecule has 1 N–H and O–H groups in total. The van der Waals surface area contributed by atoms with Crippen LogP contribution in [0, 0.1) is 0 Å². The summed E-state index contributed by atoms with van der Waals surface area (Å²) in [5, 5.41) is 0. The Morgan fingerprint density at radius 2 is 0.711 bits per heavy atom. The maximum Gasteiger partial charge on any atom is 0.472 e. The Hall–Kier alpha value is -3.59. The highest BCUT2D eigenvalue weighted by molar-refractivity contribution is 7.47. The van der Waals surface area contributed by atoms with Crippen molar-refractivity contribution in [3.05, 3.63) is 122 Å². The van der Waals surface area contributed by atoms with Crippen molar-refractivity contribution in [2.45, 2.75) is 238 Å². The zero-order chi connectivity index (χ0) is 55.6. The molecule has 2 unspecified atom stereocenters. The van der Waals surface area contributed by atoms with Crippen molar-refractivity contribution in [2.24, 2.45) is 0 Å². The molecule has 0 aliphatic carbocycles. The second-order valence-electron chi connectivity index (χ2n) is 21.0. The molecule has 0 aromatic carbocycles. The molecule has 434 valence electrons. The van der Waals surface area contributed by atoms with Gasteiger partial charge in [-0.15, -0.1) is 0 Å². The van der Waals surface area contributed by atoms with Crippen molar-refractivity contribution >= 4 is 19.8 Å². The van der Waals surface area contributed by atoms with Crippen molar-refractivity contribution in [1.29, 1.82) is 0 Å². The molecule has 0 aromatic rings. The standard InChI is InChI=1S/C66H112NO8P/c1-6-8-10-12-14-16-18-20-22-24-26-28-29-30-31-32-33-34-35-36-37-39-40-42-44-46-48-50-52-54-56-58-65(68)72-62-64(63-74-76(70,71)73-61-60-67(3,4)5)75-66(69)59-57-55-53-51-49-47-45-43-41-38-27-25-23-21-19-17-15-13-11-9-7-2/h8-11,14-17,20-23,26-28,38,43,45,49,51,64H,6-7,12-13,18-19,24-25,29-37,39-42,44,46-48,50,52-63H2,1-5H3/p+1/b10-8-,11-9-,16-14-,17-15-,22-20-,23-21-,28-26-,38-27-,45-43-,51-49-. The van der Waals surface area contributed by atoms with Gasteiger partial charge in [0.25, 0.3) is 0 Å². The van der Waals surface area contributed by atoms with Gasteiger partial charge in [-0.2, -0.15) is 0 Å². The van der Waals surface area contributed by atoms with Gasteiger partial charge in [0.1, 0.15) is 19.8 Å². The van der Waals surface area contributed by atoms with Crippen LogP contribution in [0.25, 0.3) is 0 Å². The van der Waals surface area contributed by atoms with Crippen molar-refractivity contribution in [1.82, 2.24) is 0 Å². The number of hydrogen-bond donors (Lipinski definition) is 1. The quantitative estimate of drug-likeness (QED) is 0.0211. The topological polar surface area (TPSA) is 108 Å².